The topological polar surface area (TPSA) is 107 Å². The van der Waals surface area contributed by atoms with Crippen molar-refractivity contribution < 1.29 is 4.79 Å². The maximum absolute atomic E-state index is 10.7. The molecule has 0 spiro atoms. The van der Waals surface area contributed by atoms with Crippen LogP contribution in [0.1, 0.15) is 30.3 Å². The highest BCUT2D eigenvalue weighted by Crippen LogP contribution is 2.02. The average Bonchev–Trinajstić information content (AvgIpc) is 2.29. The molecule has 1 atom stereocenters. The number of primary amides is 1. The normalized spacial score (nSPS) is 12.1. The van der Waals surface area contributed by atoms with E-state index in [1.54, 1.807) is 6.07 Å². The molecule has 0 aliphatic heterocycles. The van der Waals surface area contributed by atoms with E-state index in [0.29, 0.717) is 5.82 Å². The summed E-state index contributed by atoms with van der Waals surface area (Å²) in [6, 6.07) is 3.41. The summed E-state index contributed by atoms with van der Waals surface area (Å²) in [6.07, 6.45) is 1.82. The van der Waals surface area contributed by atoms with Crippen LogP contribution in [0.2, 0.25) is 0 Å². The molecule has 1 rings (SSSR count). The van der Waals surface area contributed by atoms with Gasteiger partial charge in [-0.2, -0.15) is 0 Å². The monoisotopic (exact) mass is 223 g/mol. The van der Waals surface area contributed by atoms with Gasteiger partial charge in [0.15, 0.2) is 5.69 Å². The number of carbonyl (C=O) groups is 1. The van der Waals surface area contributed by atoms with E-state index in [0.717, 1.165) is 19.4 Å². The second-order valence-corrected chi connectivity index (χ2v) is 3.55. The van der Waals surface area contributed by atoms with E-state index < -0.39 is 5.91 Å². The Morgan fingerprint density at radius 1 is 1.50 bits per heavy atom. The standard InChI is InChI=1S/C10H17N5O/c1-2-7(11)5-6-13-9-4-3-8(10(12)16)14-15-9/h3-4,7H,2,5-6,11H2,1H3,(H2,12,16)(H,13,15). The summed E-state index contributed by atoms with van der Waals surface area (Å²) in [5, 5.41) is 10.6. The van der Waals surface area contributed by atoms with Crippen LogP contribution in [0.15, 0.2) is 12.1 Å². The lowest BCUT2D eigenvalue weighted by atomic mass is 10.2. The first kappa shape index (κ1) is 12.4. The Balaban J connectivity index is 2.40. The molecule has 0 fully saturated rings. The molecule has 0 aliphatic carbocycles. The Kier molecular flexibility index (Phi) is 4.65. The summed E-state index contributed by atoms with van der Waals surface area (Å²) in [4.78, 5) is 10.7. The Morgan fingerprint density at radius 2 is 2.25 bits per heavy atom. The zero-order chi connectivity index (χ0) is 12.0. The third-order valence-electron chi connectivity index (χ3n) is 2.26. The lowest BCUT2D eigenvalue weighted by molar-refractivity contribution is 0.0994. The quantitative estimate of drug-likeness (QED) is 0.634. The van der Waals surface area contributed by atoms with Crippen molar-refractivity contribution in [1.29, 1.82) is 0 Å². The minimum absolute atomic E-state index is 0.163. The van der Waals surface area contributed by atoms with Crippen molar-refractivity contribution in [3.05, 3.63) is 17.8 Å². The van der Waals surface area contributed by atoms with Gasteiger partial charge in [0.2, 0.25) is 0 Å². The average molecular weight is 223 g/mol. The molecule has 1 aromatic heterocycles. The fraction of sp³-hybridized carbons (Fsp3) is 0.500. The second-order valence-electron chi connectivity index (χ2n) is 3.55. The summed E-state index contributed by atoms with van der Waals surface area (Å²) in [6.45, 7) is 2.78. The first-order valence-corrected chi connectivity index (χ1v) is 5.26. The van der Waals surface area contributed by atoms with Gasteiger partial charge in [0.1, 0.15) is 5.82 Å². The van der Waals surface area contributed by atoms with Crippen LogP contribution < -0.4 is 16.8 Å². The van der Waals surface area contributed by atoms with Crippen molar-refractivity contribution in [3.63, 3.8) is 0 Å². The molecule has 6 heteroatoms. The number of hydrogen-bond acceptors (Lipinski definition) is 5. The van der Waals surface area contributed by atoms with Crippen molar-refractivity contribution in [2.45, 2.75) is 25.8 Å². The Labute approximate surface area is 94.4 Å². The summed E-state index contributed by atoms with van der Waals surface area (Å²) in [5.74, 6) is 0.0420. The first-order chi connectivity index (χ1) is 7.63. The molecule has 0 radical (unpaired) electrons. The number of nitrogens with two attached hydrogens (primary N) is 2. The van der Waals surface area contributed by atoms with Crippen LogP contribution in [0.5, 0.6) is 0 Å². The van der Waals surface area contributed by atoms with Crippen LogP contribution in [0.3, 0.4) is 0 Å². The van der Waals surface area contributed by atoms with Crippen molar-refractivity contribution in [2.75, 3.05) is 11.9 Å². The summed E-state index contributed by atoms with van der Waals surface area (Å²) >= 11 is 0. The van der Waals surface area contributed by atoms with E-state index in [9.17, 15) is 4.79 Å². The highest BCUT2D eigenvalue weighted by atomic mass is 16.1. The summed E-state index contributed by atoms with van der Waals surface area (Å²) < 4.78 is 0. The number of rotatable bonds is 6. The molecule has 88 valence electrons. The maximum atomic E-state index is 10.7. The van der Waals surface area contributed by atoms with Crippen LogP contribution in [-0.2, 0) is 0 Å². The van der Waals surface area contributed by atoms with Gasteiger partial charge in [-0.05, 0) is 25.0 Å². The number of hydrogen-bond donors (Lipinski definition) is 3. The minimum Gasteiger partial charge on any atom is -0.369 e. The number of nitrogens with zero attached hydrogens (tertiary/aromatic N) is 2. The van der Waals surface area contributed by atoms with Gasteiger partial charge in [-0.15, -0.1) is 10.2 Å². The van der Waals surface area contributed by atoms with Crippen LogP contribution in [0, 0.1) is 0 Å². The van der Waals surface area contributed by atoms with E-state index >= 15 is 0 Å². The lowest BCUT2D eigenvalue weighted by Crippen LogP contribution is -2.22. The molecule has 1 aromatic rings. The van der Waals surface area contributed by atoms with Gasteiger partial charge in [-0.1, -0.05) is 6.92 Å². The smallest absolute Gasteiger partial charge is 0.269 e. The number of anilines is 1. The Bertz CT molecular complexity index is 338. The van der Waals surface area contributed by atoms with Crippen molar-refractivity contribution in [1.82, 2.24) is 10.2 Å². The van der Waals surface area contributed by atoms with E-state index in [-0.39, 0.29) is 11.7 Å². The zero-order valence-electron chi connectivity index (χ0n) is 9.31. The molecule has 1 unspecified atom stereocenters. The van der Waals surface area contributed by atoms with E-state index in [1.165, 1.54) is 6.07 Å². The number of amides is 1. The van der Waals surface area contributed by atoms with Crippen molar-refractivity contribution in [3.8, 4) is 0 Å². The zero-order valence-corrected chi connectivity index (χ0v) is 9.31. The molecule has 0 aromatic carbocycles. The SMILES string of the molecule is CCC(N)CCNc1ccc(C(N)=O)nn1. The van der Waals surface area contributed by atoms with Gasteiger partial charge in [0, 0.05) is 12.6 Å². The predicted molar refractivity (Wildman–Crippen MR) is 61.9 cm³/mol. The largest absolute Gasteiger partial charge is 0.369 e. The van der Waals surface area contributed by atoms with Gasteiger partial charge >= 0.3 is 0 Å². The van der Waals surface area contributed by atoms with Gasteiger partial charge < -0.3 is 16.8 Å². The van der Waals surface area contributed by atoms with E-state index in [2.05, 4.69) is 15.5 Å². The Morgan fingerprint density at radius 3 is 2.75 bits per heavy atom. The highest BCUT2D eigenvalue weighted by molar-refractivity contribution is 5.90. The molecule has 0 saturated heterocycles. The van der Waals surface area contributed by atoms with E-state index in [1.807, 2.05) is 6.92 Å². The molecule has 0 saturated carbocycles. The Hall–Kier alpha value is -1.69. The highest BCUT2D eigenvalue weighted by Gasteiger charge is 2.03. The maximum Gasteiger partial charge on any atom is 0.269 e. The number of carbonyl (C=O) groups excluding carboxylic acids is 1. The van der Waals surface area contributed by atoms with Crippen LogP contribution >= 0.6 is 0 Å². The molecule has 0 bridgehead atoms. The van der Waals surface area contributed by atoms with Crippen LogP contribution in [-0.4, -0.2) is 28.7 Å². The molecule has 6 nitrogen and oxygen atoms in total. The van der Waals surface area contributed by atoms with Gasteiger partial charge in [-0.25, -0.2) is 0 Å². The predicted octanol–water partition coefficient (Wildman–Crippen LogP) is 0.115. The molecule has 16 heavy (non-hydrogen) atoms. The number of nitrogens with one attached hydrogen (secondary N) is 1. The molecule has 0 aliphatic rings. The molecular formula is C10H17N5O. The minimum atomic E-state index is -0.577. The van der Waals surface area contributed by atoms with E-state index in [4.69, 9.17) is 11.5 Å². The summed E-state index contributed by atoms with van der Waals surface area (Å²) in [7, 11) is 0. The van der Waals surface area contributed by atoms with Crippen molar-refractivity contribution >= 4 is 11.7 Å². The van der Waals surface area contributed by atoms with Gasteiger partial charge in [-0.3, -0.25) is 4.79 Å². The summed E-state index contributed by atoms with van der Waals surface area (Å²) in [5.41, 5.74) is 11.0. The first-order valence-electron chi connectivity index (χ1n) is 5.26. The third kappa shape index (κ3) is 3.82. The lowest BCUT2D eigenvalue weighted by Gasteiger charge is -2.09. The third-order valence-corrected chi connectivity index (χ3v) is 2.26. The molecule has 5 N–H and O–H groups in total. The molecular weight excluding hydrogens is 206 g/mol. The van der Waals surface area contributed by atoms with Crippen LogP contribution in [0.4, 0.5) is 5.82 Å². The van der Waals surface area contributed by atoms with Crippen LogP contribution in [0.25, 0.3) is 0 Å². The fourth-order valence-electron chi connectivity index (χ4n) is 1.15. The molecule has 1 amide bonds. The van der Waals surface area contributed by atoms with Gasteiger partial charge in [0.25, 0.3) is 5.91 Å². The second kappa shape index (κ2) is 6.02. The molecule has 1 heterocycles. The fourth-order valence-corrected chi connectivity index (χ4v) is 1.15. The number of aromatic nitrogens is 2. The van der Waals surface area contributed by atoms with Crippen molar-refractivity contribution in [2.24, 2.45) is 11.5 Å². The van der Waals surface area contributed by atoms with Gasteiger partial charge in [0.05, 0.1) is 0 Å².